The molecule has 0 aromatic heterocycles. The maximum atomic E-state index is 9.92. The Kier molecular flexibility index (Phi) is 13.8. The van der Waals surface area contributed by atoms with Gasteiger partial charge in [0.15, 0.2) is 0 Å². The minimum absolute atomic E-state index is 0.315. The van der Waals surface area contributed by atoms with Gasteiger partial charge in [0, 0.05) is 25.6 Å². The second-order valence-corrected chi connectivity index (χ2v) is 15.5. The predicted molar refractivity (Wildman–Crippen MR) is 164 cm³/mol. The smallest absolute Gasteiger partial charge is 0.147 e. The van der Waals surface area contributed by atoms with Crippen LogP contribution in [0.1, 0.15) is 111 Å². The van der Waals surface area contributed by atoms with Crippen molar-refractivity contribution in [3.63, 3.8) is 0 Å². The Bertz CT molecular complexity index is 719. The molecule has 4 aliphatic rings. The minimum Gasteiger partial charge on any atom is -0.390 e. The summed E-state index contributed by atoms with van der Waals surface area (Å²) in [6.45, 7) is 7.22. The number of aliphatic hydroxyl groups is 2. The van der Waals surface area contributed by atoms with Gasteiger partial charge in [-0.15, -0.1) is 0 Å². The third-order valence-electron chi connectivity index (χ3n) is 10.5. The molecule has 230 valence electrons. The van der Waals surface area contributed by atoms with Crippen molar-refractivity contribution >= 4 is 46.4 Å². The summed E-state index contributed by atoms with van der Waals surface area (Å²) in [5.74, 6) is 2.53. The second-order valence-electron chi connectivity index (χ2n) is 12.6. The number of halogens is 4. The molecule has 0 aliphatic heterocycles. The van der Waals surface area contributed by atoms with Gasteiger partial charge in [-0.3, -0.25) is 0 Å². The summed E-state index contributed by atoms with van der Waals surface area (Å²) in [5.41, 5.74) is 0. The van der Waals surface area contributed by atoms with Gasteiger partial charge in [0.25, 0.3) is 0 Å². The molecule has 8 heteroatoms. The van der Waals surface area contributed by atoms with Gasteiger partial charge in [0.1, 0.15) is 8.67 Å². The van der Waals surface area contributed by atoms with Gasteiger partial charge >= 0.3 is 0 Å². The molecule has 0 aromatic rings. The molecule has 0 spiro atoms. The standard InChI is InChI=1S/C16H28Cl2O2.C15H26Cl2O2/c1-3-12(20-4-2)8-6-5-7-11-9-10-13-14(11)16(17,18)15(13)19;1-3-11(19-2)7-5-4-6-10-8-9-12-13(10)15(16,17)14(12)18/h11-15,19H,3-10H2,1-2H3;10-14,18H,3-9H2,1-2H3. The summed E-state index contributed by atoms with van der Waals surface area (Å²) < 4.78 is 9.31. The highest BCUT2D eigenvalue weighted by molar-refractivity contribution is 6.50. The van der Waals surface area contributed by atoms with Gasteiger partial charge in [0.05, 0.1) is 24.4 Å². The predicted octanol–water partition coefficient (Wildman–Crippen LogP) is 8.72. The van der Waals surface area contributed by atoms with E-state index in [1.54, 1.807) is 7.11 Å². The van der Waals surface area contributed by atoms with Crippen molar-refractivity contribution in [2.24, 2.45) is 35.5 Å². The Balaban J connectivity index is 0.000000216. The highest BCUT2D eigenvalue weighted by Gasteiger charge is 2.65. The van der Waals surface area contributed by atoms with Crippen molar-refractivity contribution in [3.05, 3.63) is 0 Å². The molecule has 39 heavy (non-hydrogen) atoms. The molecule has 4 fully saturated rings. The van der Waals surface area contributed by atoms with Crippen molar-refractivity contribution in [3.8, 4) is 0 Å². The number of rotatable bonds is 15. The summed E-state index contributed by atoms with van der Waals surface area (Å²) in [6, 6.07) is 0. The van der Waals surface area contributed by atoms with Crippen LogP contribution in [0.5, 0.6) is 0 Å². The van der Waals surface area contributed by atoms with E-state index < -0.39 is 20.9 Å². The number of hydrogen-bond donors (Lipinski definition) is 2. The van der Waals surface area contributed by atoms with Gasteiger partial charge in [-0.1, -0.05) is 98.8 Å². The van der Waals surface area contributed by atoms with Crippen LogP contribution in [0.3, 0.4) is 0 Å². The lowest BCUT2D eigenvalue weighted by Gasteiger charge is -2.50. The van der Waals surface area contributed by atoms with Crippen molar-refractivity contribution < 1.29 is 19.7 Å². The van der Waals surface area contributed by atoms with Crippen LogP contribution in [-0.4, -0.2) is 57.0 Å². The van der Waals surface area contributed by atoms with Crippen LogP contribution in [-0.2, 0) is 9.47 Å². The number of alkyl halides is 4. The van der Waals surface area contributed by atoms with Gasteiger partial charge in [-0.2, -0.15) is 0 Å². The van der Waals surface area contributed by atoms with Crippen LogP contribution in [0.4, 0.5) is 0 Å². The molecular formula is C31H54Cl4O4. The average molecular weight is 633 g/mol. The molecule has 4 saturated carbocycles. The van der Waals surface area contributed by atoms with Gasteiger partial charge in [-0.05, 0) is 82.0 Å². The Morgan fingerprint density at radius 3 is 1.51 bits per heavy atom. The minimum atomic E-state index is -0.886. The topological polar surface area (TPSA) is 58.9 Å². The van der Waals surface area contributed by atoms with Crippen molar-refractivity contribution in [2.75, 3.05) is 13.7 Å². The summed E-state index contributed by atoms with van der Waals surface area (Å²) in [6.07, 6.45) is 16.1. The molecule has 4 aliphatic carbocycles. The van der Waals surface area contributed by atoms with E-state index in [9.17, 15) is 10.2 Å². The number of fused-ring (bicyclic) bond motifs is 2. The van der Waals surface area contributed by atoms with E-state index in [-0.39, 0.29) is 0 Å². The Morgan fingerprint density at radius 1 is 0.692 bits per heavy atom. The van der Waals surface area contributed by atoms with Crippen LogP contribution in [0, 0.1) is 35.5 Å². The molecule has 4 nitrogen and oxygen atoms in total. The lowest BCUT2D eigenvalue weighted by Crippen LogP contribution is -2.59. The quantitative estimate of drug-likeness (QED) is 0.140. The van der Waals surface area contributed by atoms with Crippen molar-refractivity contribution in [1.82, 2.24) is 0 Å². The summed E-state index contributed by atoms with van der Waals surface area (Å²) >= 11 is 25.1. The molecule has 0 heterocycles. The second kappa shape index (κ2) is 15.6. The van der Waals surface area contributed by atoms with E-state index in [4.69, 9.17) is 55.9 Å². The molecule has 4 rings (SSSR count). The first-order valence-corrected chi connectivity index (χ1v) is 17.3. The molecular weight excluding hydrogens is 578 g/mol. The number of hydrogen-bond acceptors (Lipinski definition) is 4. The third kappa shape index (κ3) is 7.94. The highest BCUT2D eigenvalue weighted by Crippen LogP contribution is 2.63. The van der Waals surface area contributed by atoms with Gasteiger partial charge in [-0.25, -0.2) is 0 Å². The Labute approximate surface area is 258 Å². The van der Waals surface area contributed by atoms with Crippen molar-refractivity contribution in [2.45, 2.75) is 144 Å². The van der Waals surface area contributed by atoms with Crippen molar-refractivity contribution in [1.29, 1.82) is 0 Å². The molecule has 0 amide bonds. The monoisotopic (exact) mass is 630 g/mol. The maximum Gasteiger partial charge on any atom is 0.147 e. The summed E-state index contributed by atoms with van der Waals surface area (Å²) in [5, 5.41) is 19.8. The van der Waals surface area contributed by atoms with Crippen LogP contribution in [0.15, 0.2) is 0 Å². The Hall–Kier alpha value is 1.00. The fourth-order valence-electron chi connectivity index (χ4n) is 8.20. The first-order chi connectivity index (χ1) is 18.5. The average Bonchev–Trinajstić information content (AvgIpc) is 3.53. The molecule has 0 bridgehead atoms. The van der Waals surface area contributed by atoms with E-state index >= 15 is 0 Å². The zero-order valence-corrected chi connectivity index (χ0v) is 27.6. The number of unbranched alkanes of at least 4 members (excludes halogenated alkanes) is 2. The summed E-state index contributed by atoms with van der Waals surface area (Å²) in [4.78, 5) is 0. The molecule has 0 saturated heterocycles. The molecule has 0 aromatic carbocycles. The lowest BCUT2D eigenvalue weighted by atomic mass is 9.68. The highest BCUT2D eigenvalue weighted by atomic mass is 35.5. The largest absolute Gasteiger partial charge is 0.390 e. The fraction of sp³-hybridized carbons (Fsp3) is 1.00. The van der Waals surface area contributed by atoms with E-state index in [2.05, 4.69) is 20.8 Å². The Morgan fingerprint density at radius 2 is 1.13 bits per heavy atom. The SMILES string of the molecule is CCC(CCCCC1CCC2C(O)C(Cl)(Cl)C12)OC.CCOC(CC)CCCCC1CCC2C(O)C(Cl)(Cl)C12. The first kappa shape index (κ1) is 34.5. The van der Waals surface area contributed by atoms with E-state index in [1.807, 2.05) is 0 Å². The number of aliphatic hydroxyl groups excluding tert-OH is 2. The number of ether oxygens (including phenoxy) is 2. The molecule has 10 unspecified atom stereocenters. The van der Waals surface area contributed by atoms with Crippen LogP contribution < -0.4 is 0 Å². The van der Waals surface area contributed by atoms with E-state index in [0.717, 1.165) is 45.1 Å². The van der Waals surface area contributed by atoms with Crippen LogP contribution in [0.25, 0.3) is 0 Å². The van der Waals surface area contributed by atoms with E-state index in [1.165, 1.54) is 51.4 Å². The maximum absolute atomic E-state index is 9.92. The van der Waals surface area contributed by atoms with Crippen LogP contribution >= 0.6 is 46.4 Å². The summed E-state index contributed by atoms with van der Waals surface area (Å²) in [7, 11) is 1.79. The number of methoxy groups -OCH3 is 1. The van der Waals surface area contributed by atoms with Gasteiger partial charge < -0.3 is 19.7 Å². The molecule has 2 N–H and O–H groups in total. The first-order valence-electron chi connectivity index (χ1n) is 15.8. The normalized spacial score (nSPS) is 37.1. The lowest BCUT2D eigenvalue weighted by molar-refractivity contribution is -0.0433. The fourth-order valence-corrected chi connectivity index (χ4v) is 10.2. The zero-order chi connectivity index (χ0) is 28.8. The van der Waals surface area contributed by atoms with Crippen LogP contribution in [0.2, 0.25) is 0 Å². The van der Waals surface area contributed by atoms with E-state index in [0.29, 0.717) is 47.7 Å². The molecule has 10 atom stereocenters. The third-order valence-corrected chi connectivity index (χ3v) is 12.4. The molecule has 0 radical (unpaired) electrons. The zero-order valence-electron chi connectivity index (χ0n) is 24.6. The van der Waals surface area contributed by atoms with Gasteiger partial charge in [0.2, 0.25) is 0 Å².